The lowest BCUT2D eigenvalue weighted by molar-refractivity contribution is -0.138. The first-order chi connectivity index (χ1) is 20.7. The Bertz CT molecular complexity index is 1570. The van der Waals surface area contributed by atoms with Crippen molar-refractivity contribution in [2.45, 2.75) is 56.3 Å². The van der Waals surface area contributed by atoms with E-state index in [0.717, 1.165) is 12.8 Å². The highest BCUT2D eigenvalue weighted by Crippen LogP contribution is 2.47. The molecule has 9 nitrogen and oxygen atoms in total. The van der Waals surface area contributed by atoms with Crippen LogP contribution < -0.4 is 10.2 Å². The van der Waals surface area contributed by atoms with Crippen molar-refractivity contribution >= 4 is 52.0 Å². The second-order valence-corrected chi connectivity index (χ2v) is 12.7. The smallest absolute Gasteiger partial charge is 0.335 e. The Morgan fingerprint density at radius 1 is 1.02 bits per heavy atom. The van der Waals surface area contributed by atoms with Gasteiger partial charge in [-0.15, -0.1) is 0 Å². The van der Waals surface area contributed by atoms with E-state index in [9.17, 15) is 23.7 Å². The zero-order chi connectivity index (χ0) is 30.7. The third-order valence-electron chi connectivity index (χ3n) is 7.93. The lowest BCUT2D eigenvalue weighted by atomic mass is 9.76. The molecule has 1 fully saturated rings. The molecule has 0 spiro atoms. The van der Waals surface area contributed by atoms with Gasteiger partial charge in [0, 0.05) is 33.9 Å². The van der Waals surface area contributed by atoms with Crippen molar-refractivity contribution in [3.8, 4) is 0 Å². The number of carboxylic acid groups (broad SMARTS) is 1. The number of halogens is 2. The number of rotatable bonds is 9. The highest BCUT2D eigenvalue weighted by Gasteiger charge is 2.49. The zero-order valence-corrected chi connectivity index (χ0v) is 25.6. The van der Waals surface area contributed by atoms with Crippen LogP contribution in [0.1, 0.15) is 75.0 Å². The van der Waals surface area contributed by atoms with Crippen molar-refractivity contribution in [1.82, 2.24) is 15.1 Å². The molecule has 1 saturated carbocycles. The minimum Gasteiger partial charge on any atom is -0.478 e. The first-order valence-corrected chi connectivity index (χ1v) is 16.2. The fourth-order valence-electron chi connectivity index (χ4n) is 6.11. The topological polar surface area (TPSA) is 125 Å². The number of benzene rings is 3. The number of hydroxylamine groups is 1. The van der Waals surface area contributed by atoms with Gasteiger partial charge in [-0.25, -0.2) is 19.2 Å². The molecule has 3 aromatic rings. The van der Waals surface area contributed by atoms with E-state index < -0.39 is 34.8 Å². The molecule has 0 aromatic heterocycles. The summed E-state index contributed by atoms with van der Waals surface area (Å²) in [5, 5.41) is 10.0. The SMILES string of the molecule is CS(=O)NC1CCCC[C@@H]1N1C(=O)c2ccccc2[C@@H](C(=O)NOCc2cccc(C(=O)O)c2)[C@@H]1c1ccc(Cl)cc1Cl. The minimum absolute atomic E-state index is 0.0762. The third-order valence-corrected chi connectivity index (χ3v) is 9.13. The minimum atomic E-state index is -1.32. The van der Waals surface area contributed by atoms with Gasteiger partial charge in [-0.05, 0) is 59.9 Å². The number of carboxylic acids is 1. The van der Waals surface area contributed by atoms with Crippen LogP contribution in [0.4, 0.5) is 0 Å². The van der Waals surface area contributed by atoms with Crippen LogP contribution in [-0.2, 0) is 27.2 Å². The molecule has 5 rings (SSSR count). The number of nitrogens with one attached hydrogen (secondary N) is 2. The zero-order valence-electron chi connectivity index (χ0n) is 23.3. The van der Waals surface area contributed by atoms with Crippen LogP contribution in [0.2, 0.25) is 10.0 Å². The summed E-state index contributed by atoms with van der Waals surface area (Å²) < 4.78 is 15.4. The van der Waals surface area contributed by atoms with Crippen LogP contribution in [0.5, 0.6) is 0 Å². The maximum Gasteiger partial charge on any atom is 0.335 e. The van der Waals surface area contributed by atoms with Crippen molar-refractivity contribution in [3.05, 3.63) is 105 Å². The van der Waals surface area contributed by atoms with Crippen molar-refractivity contribution in [2.24, 2.45) is 0 Å². The van der Waals surface area contributed by atoms with Gasteiger partial charge in [-0.3, -0.25) is 14.4 Å². The number of fused-ring (bicyclic) bond motifs is 1. The monoisotopic (exact) mass is 643 g/mol. The Labute approximate surface area is 262 Å². The van der Waals surface area contributed by atoms with E-state index in [1.165, 1.54) is 12.1 Å². The van der Waals surface area contributed by atoms with Gasteiger partial charge in [-0.1, -0.05) is 72.4 Å². The molecule has 43 heavy (non-hydrogen) atoms. The molecular weight excluding hydrogens is 613 g/mol. The molecule has 2 amide bonds. The van der Waals surface area contributed by atoms with Gasteiger partial charge >= 0.3 is 5.97 Å². The highest BCUT2D eigenvalue weighted by molar-refractivity contribution is 7.82. The third kappa shape index (κ3) is 6.78. The second kappa shape index (κ2) is 13.6. The van der Waals surface area contributed by atoms with Crippen LogP contribution in [0.25, 0.3) is 0 Å². The molecule has 0 radical (unpaired) electrons. The largest absolute Gasteiger partial charge is 0.478 e. The summed E-state index contributed by atoms with van der Waals surface area (Å²) in [5.41, 5.74) is 4.66. The molecule has 12 heteroatoms. The molecule has 2 aliphatic rings. The molecule has 1 aliphatic heterocycles. The quantitative estimate of drug-likeness (QED) is 0.268. The average Bonchev–Trinajstić information content (AvgIpc) is 2.97. The summed E-state index contributed by atoms with van der Waals surface area (Å²) in [5.74, 6) is -2.75. The molecule has 5 atom stereocenters. The average molecular weight is 645 g/mol. The molecule has 0 bridgehead atoms. The summed E-state index contributed by atoms with van der Waals surface area (Å²) >= 11 is 13.0. The fourth-order valence-corrected chi connectivity index (χ4v) is 7.34. The summed E-state index contributed by atoms with van der Waals surface area (Å²) in [7, 11) is -1.32. The van der Waals surface area contributed by atoms with E-state index in [4.69, 9.17) is 28.0 Å². The normalized spacial score (nSPS) is 22.5. The number of aromatic carboxylic acids is 1. The number of amides is 2. The predicted molar refractivity (Wildman–Crippen MR) is 164 cm³/mol. The number of carbonyl (C=O) groups is 3. The van der Waals surface area contributed by atoms with Crippen LogP contribution in [-0.4, -0.2) is 50.3 Å². The van der Waals surface area contributed by atoms with E-state index in [-0.39, 0.29) is 30.2 Å². The number of hydrogen-bond donors (Lipinski definition) is 3. The maximum absolute atomic E-state index is 14.3. The van der Waals surface area contributed by atoms with Gasteiger partial charge in [0.05, 0.1) is 35.1 Å². The molecule has 0 saturated heterocycles. The molecule has 1 aliphatic carbocycles. The van der Waals surface area contributed by atoms with Gasteiger partial charge in [0.2, 0.25) is 0 Å². The molecule has 2 unspecified atom stereocenters. The van der Waals surface area contributed by atoms with Crippen LogP contribution in [0.15, 0.2) is 66.7 Å². The van der Waals surface area contributed by atoms with Gasteiger partial charge in [-0.2, -0.15) is 0 Å². The fraction of sp³-hybridized carbons (Fsp3) is 0.323. The van der Waals surface area contributed by atoms with E-state index in [2.05, 4.69) is 10.2 Å². The number of hydrogen-bond acceptors (Lipinski definition) is 5. The molecular formula is C31H31Cl2N3O6S. The lowest BCUT2D eigenvalue weighted by Gasteiger charge is -2.49. The van der Waals surface area contributed by atoms with Gasteiger partial charge in [0.1, 0.15) is 0 Å². The van der Waals surface area contributed by atoms with Gasteiger partial charge in [0.15, 0.2) is 0 Å². The molecule has 226 valence electrons. The maximum atomic E-state index is 14.3. The number of nitrogens with zero attached hydrogens (tertiary/aromatic N) is 1. The van der Waals surface area contributed by atoms with E-state index in [0.29, 0.717) is 45.1 Å². The van der Waals surface area contributed by atoms with Crippen LogP contribution in [0.3, 0.4) is 0 Å². The van der Waals surface area contributed by atoms with Crippen molar-refractivity contribution < 1.29 is 28.5 Å². The second-order valence-electron chi connectivity index (χ2n) is 10.7. The Hall–Kier alpha value is -3.28. The lowest BCUT2D eigenvalue weighted by Crippen LogP contribution is -2.58. The van der Waals surface area contributed by atoms with Gasteiger partial charge < -0.3 is 10.0 Å². The molecule has 1 heterocycles. The van der Waals surface area contributed by atoms with E-state index in [1.807, 2.05) is 0 Å². The van der Waals surface area contributed by atoms with Gasteiger partial charge in [0.25, 0.3) is 11.8 Å². The Morgan fingerprint density at radius 2 is 1.79 bits per heavy atom. The summed E-state index contributed by atoms with van der Waals surface area (Å²) in [6.07, 6.45) is 4.70. The van der Waals surface area contributed by atoms with E-state index in [1.54, 1.807) is 65.8 Å². The first kappa shape index (κ1) is 31.2. The van der Waals surface area contributed by atoms with Crippen molar-refractivity contribution in [2.75, 3.05) is 6.26 Å². The molecule has 3 aromatic carbocycles. The predicted octanol–water partition coefficient (Wildman–Crippen LogP) is 5.41. The first-order valence-electron chi connectivity index (χ1n) is 13.9. The highest BCUT2D eigenvalue weighted by atomic mass is 35.5. The molecule has 3 N–H and O–H groups in total. The Balaban J connectivity index is 1.55. The van der Waals surface area contributed by atoms with E-state index >= 15 is 0 Å². The standard InChI is InChI=1S/C31H31Cl2N3O6S/c1-43(41)35-25-11-4-5-12-26(25)36-28(23-14-13-20(32)16-24(23)33)27(21-9-2-3-10-22(21)30(36)38)29(37)34-42-17-18-7-6-8-19(15-18)31(39)40/h2-3,6-10,13-16,25-28,35H,4-5,11-12,17H2,1H3,(H,34,37)(H,39,40)/t25?,26-,27+,28-,43?/m0/s1. The Kier molecular flexibility index (Phi) is 9.83. The van der Waals surface area contributed by atoms with Crippen LogP contribution >= 0.6 is 23.2 Å². The van der Waals surface area contributed by atoms with Crippen LogP contribution in [0, 0.1) is 0 Å². The summed E-state index contributed by atoms with van der Waals surface area (Å²) in [6, 6.07) is 16.7. The Morgan fingerprint density at radius 3 is 2.53 bits per heavy atom. The summed E-state index contributed by atoms with van der Waals surface area (Å²) in [4.78, 5) is 47.1. The van der Waals surface area contributed by atoms with Crippen molar-refractivity contribution in [1.29, 1.82) is 0 Å². The summed E-state index contributed by atoms with van der Waals surface area (Å²) in [6.45, 7) is -0.0762. The number of carbonyl (C=O) groups excluding carboxylic acids is 2. The van der Waals surface area contributed by atoms with Crippen molar-refractivity contribution in [3.63, 3.8) is 0 Å².